The van der Waals surface area contributed by atoms with Gasteiger partial charge in [-0.25, -0.2) is 0 Å². The number of halogens is 1. The maximum absolute atomic E-state index is 6.36. The van der Waals surface area contributed by atoms with Crippen molar-refractivity contribution in [1.82, 2.24) is 0 Å². The standard InChI is InChI=1S/C32H69N2O2.BrH/c1-5-7-9-11-13-15-17-19-21-23-28-35-31-32(30-34(3,4)27-25-26-33)36-29-24-22-20-18-16-14-12-10-8-6-2;/h32H,5-31,33H2,1-4H3;1H/q+1;/p-1. The Kier molecular flexibility index (Phi) is 32.9. The van der Waals surface area contributed by atoms with Gasteiger partial charge in [0.15, 0.2) is 0 Å². The molecule has 0 aromatic rings. The summed E-state index contributed by atoms with van der Waals surface area (Å²) < 4.78 is 13.4. The quantitative estimate of drug-likeness (QED) is 0.0864. The minimum absolute atomic E-state index is 0. The Morgan fingerprint density at radius 1 is 0.568 bits per heavy atom. The van der Waals surface area contributed by atoms with Gasteiger partial charge >= 0.3 is 0 Å². The highest BCUT2D eigenvalue weighted by molar-refractivity contribution is 4.58. The first-order valence-corrected chi connectivity index (χ1v) is 16.3. The summed E-state index contributed by atoms with van der Waals surface area (Å²) in [7, 11) is 4.60. The second-order valence-corrected chi connectivity index (χ2v) is 11.9. The van der Waals surface area contributed by atoms with Crippen LogP contribution in [0.1, 0.15) is 149 Å². The van der Waals surface area contributed by atoms with Crippen molar-refractivity contribution in [3.05, 3.63) is 0 Å². The minimum atomic E-state index is 0. The maximum Gasteiger partial charge on any atom is 0.130 e. The molecule has 1 unspecified atom stereocenters. The van der Waals surface area contributed by atoms with Crippen molar-refractivity contribution >= 4 is 0 Å². The highest BCUT2D eigenvalue weighted by atomic mass is 79.9. The lowest BCUT2D eigenvalue weighted by molar-refractivity contribution is -0.893. The predicted octanol–water partition coefficient (Wildman–Crippen LogP) is 5.66. The average molecular weight is 594 g/mol. The van der Waals surface area contributed by atoms with E-state index >= 15 is 0 Å². The molecule has 1 atom stereocenters. The van der Waals surface area contributed by atoms with Crippen LogP contribution >= 0.6 is 0 Å². The van der Waals surface area contributed by atoms with E-state index in [1.807, 2.05) is 0 Å². The summed E-state index contributed by atoms with van der Waals surface area (Å²) in [5.74, 6) is 0. The molecule has 37 heavy (non-hydrogen) atoms. The lowest BCUT2D eigenvalue weighted by atomic mass is 10.1. The lowest BCUT2D eigenvalue weighted by Gasteiger charge is -2.33. The number of quaternary nitrogens is 1. The number of ether oxygens (including phenoxy) is 2. The molecule has 0 amide bonds. The first-order valence-electron chi connectivity index (χ1n) is 16.3. The Hall–Kier alpha value is 0.320. The molecule has 0 aromatic heterocycles. The summed E-state index contributed by atoms with van der Waals surface area (Å²) in [6.07, 6.45) is 28.6. The number of likely N-dealkylation sites (N-methyl/N-ethyl adjacent to an activating group) is 1. The van der Waals surface area contributed by atoms with Crippen molar-refractivity contribution in [2.75, 3.05) is 53.6 Å². The third-order valence-corrected chi connectivity index (χ3v) is 7.46. The molecule has 0 heterocycles. The molecule has 0 aliphatic carbocycles. The van der Waals surface area contributed by atoms with Crippen LogP contribution in [0, 0.1) is 0 Å². The third-order valence-electron chi connectivity index (χ3n) is 7.46. The maximum atomic E-state index is 6.36. The van der Waals surface area contributed by atoms with Crippen molar-refractivity contribution in [3.63, 3.8) is 0 Å². The molecule has 0 spiro atoms. The van der Waals surface area contributed by atoms with Gasteiger partial charge in [0.25, 0.3) is 0 Å². The molecule has 0 fully saturated rings. The van der Waals surface area contributed by atoms with Gasteiger partial charge in [-0.1, -0.05) is 129 Å². The fraction of sp³-hybridized carbons (Fsp3) is 1.00. The number of nitrogens with two attached hydrogens (primary N) is 1. The van der Waals surface area contributed by atoms with E-state index < -0.39 is 0 Å². The largest absolute Gasteiger partial charge is 1.00 e. The van der Waals surface area contributed by atoms with Gasteiger partial charge in [0.1, 0.15) is 12.6 Å². The zero-order valence-corrected chi connectivity index (χ0v) is 27.5. The number of hydrogen-bond donors (Lipinski definition) is 1. The molecule has 0 bridgehead atoms. The third kappa shape index (κ3) is 30.7. The summed E-state index contributed by atoms with van der Waals surface area (Å²) >= 11 is 0. The molecule has 0 rings (SSSR count). The van der Waals surface area contributed by atoms with Crippen LogP contribution in [-0.4, -0.2) is 64.1 Å². The summed E-state index contributed by atoms with van der Waals surface area (Å²) in [6, 6.07) is 0. The van der Waals surface area contributed by atoms with Gasteiger partial charge < -0.3 is 36.7 Å². The Morgan fingerprint density at radius 3 is 1.41 bits per heavy atom. The first kappa shape index (κ1) is 39.5. The van der Waals surface area contributed by atoms with Crippen molar-refractivity contribution in [2.24, 2.45) is 5.73 Å². The lowest BCUT2D eigenvalue weighted by Crippen LogP contribution is -3.00. The van der Waals surface area contributed by atoms with Gasteiger partial charge in [-0.05, 0) is 19.4 Å². The van der Waals surface area contributed by atoms with E-state index in [1.54, 1.807) is 0 Å². The Labute approximate surface area is 244 Å². The van der Waals surface area contributed by atoms with Gasteiger partial charge in [-0.15, -0.1) is 0 Å². The zero-order chi connectivity index (χ0) is 26.6. The second kappa shape index (κ2) is 30.9. The van der Waals surface area contributed by atoms with Crippen molar-refractivity contribution in [2.45, 2.75) is 155 Å². The first-order chi connectivity index (χ1) is 17.6. The highest BCUT2D eigenvalue weighted by Gasteiger charge is 2.22. The molecule has 5 heteroatoms. The Morgan fingerprint density at radius 2 is 0.973 bits per heavy atom. The van der Waals surface area contributed by atoms with Gasteiger partial charge in [0, 0.05) is 19.6 Å². The monoisotopic (exact) mass is 592 g/mol. The number of hydrogen-bond acceptors (Lipinski definition) is 3. The van der Waals surface area contributed by atoms with E-state index in [9.17, 15) is 0 Å². The molecular weight excluding hydrogens is 524 g/mol. The highest BCUT2D eigenvalue weighted by Crippen LogP contribution is 2.13. The normalized spacial score (nSPS) is 12.6. The summed E-state index contributed by atoms with van der Waals surface area (Å²) in [5.41, 5.74) is 5.76. The van der Waals surface area contributed by atoms with E-state index in [2.05, 4.69) is 27.9 Å². The molecule has 226 valence electrons. The van der Waals surface area contributed by atoms with Crippen LogP contribution < -0.4 is 22.7 Å². The van der Waals surface area contributed by atoms with E-state index in [-0.39, 0.29) is 23.1 Å². The molecule has 0 aliphatic rings. The smallest absolute Gasteiger partial charge is 0.130 e. The predicted molar refractivity (Wildman–Crippen MR) is 160 cm³/mol. The van der Waals surface area contributed by atoms with Crippen molar-refractivity contribution in [3.8, 4) is 0 Å². The van der Waals surface area contributed by atoms with Gasteiger partial charge in [-0.3, -0.25) is 0 Å². The van der Waals surface area contributed by atoms with Gasteiger partial charge in [0.05, 0.1) is 27.2 Å². The van der Waals surface area contributed by atoms with Gasteiger partial charge in [0.2, 0.25) is 0 Å². The summed E-state index contributed by atoms with van der Waals surface area (Å²) in [4.78, 5) is 0. The van der Waals surface area contributed by atoms with Gasteiger partial charge in [-0.2, -0.15) is 0 Å². The van der Waals surface area contributed by atoms with E-state index in [1.165, 1.54) is 128 Å². The summed E-state index contributed by atoms with van der Waals surface area (Å²) in [6.45, 7) is 9.95. The molecule has 0 aliphatic heterocycles. The van der Waals surface area contributed by atoms with Crippen LogP contribution in [-0.2, 0) is 9.47 Å². The molecule has 0 saturated carbocycles. The molecule has 0 aromatic carbocycles. The van der Waals surface area contributed by atoms with E-state index in [0.29, 0.717) is 0 Å². The molecule has 4 nitrogen and oxygen atoms in total. The Bertz CT molecular complexity index is 424. The van der Waals surface area contributed by atoms with Crippen LogP contribution in [0.15, 0.2) is 0 Å². The van der Waals surface area contributed by atoms with Crippen LogP contribution in [0.4, 0.5) is 0 Å². The fourth-order valence-corrected chi connectivity index (χ4v) is 5.06. The SMILES string of the molecule is CCCCCCCCCCCCOCC(C[N+](C)(C)CCCN)OCCCCCCCCCCCC.[Br-]. The number of rotatable bonds is 30. The molecule has 0 saturated heterocycles. The molecule has 0 radical (unpaired) electrons. The Balaban J connectivity index is 0. The number of nitrogens with zero attached hydrogens (tertiary/aromatic N) is 1. The topological polar surface area (TPSA) is 44.5 Å². The average Bonchev–Trinajstić information content (AvgIpc) is 2.86. The molecular formula is C32H69BrN2O2. The van der Waals surface area contributed by atoms with Crippen LogP contribution in [0.25, 0.3) is 0 Å². The van der Waals surface area contributed by atoms with Crippen LogP contribution in [0.5, 0.6) is 0 Å². The molecule has 2 N–H and O–H groups in total. The van der Waals surface area contributed by atoms with Crippen LogP contribution in [0.2, 0.25) is 0 Å². The minimum Gasteiger partial charge on any atom is -1.00 e. The van der Waals surface area contributed by atoms with Crippen LogP contribution in [0.3, 0.4) is 0 Å². The fourth-order valence-electron chi connectivity index (χ4n) is 5.06. The van der Waals surface area contributed by atoms with Crippen molar-refractivity contribution in [1.29, 1.82) is 0 Å². The number of unbranched alkanes of at least 4 members (excludes halogenated alkanes) is 18. The second-order valence-electron chi connectivity index (χ2n) is 11.9. The van der Waals surface area contributed by atoms with E-state index in [0.717, 1.165) is 50.4 Å². The zero-order valence-electron chi connectivity index (χ0n) is 25.9. The van der Waals surface area contributed by atoms with Crippen molar-refractivity contribution < 1.29 is 30.9 Å². The van der Waals surface area contributed by atoms with E-state index in [4.69, 9.17) is 15.2 Å². The summed E-state index contributed by atoms with van der Waals surface area (Å²) in [5, 5.41) is 0.